The van der Waals surface area contributed by atoms with Crippen LogP contribution in [0.15, 0.2) is 30.3 Å². The highest BCUT2D eigenvalue weighted by molar-refractivity contribution is 6.23. The molecule has 3 aromatic rings. The third-order valence-corrected chi connectivity index (χ3v) is 13.3. The molecule has 0 unspecified atom stereocenters. The summed E-state index contributed by atoms with van der Waals surface area (Å²) in [4.78, 5) is 14.5. The topological polar surface area (TPSA) is 121 Å². The molecule has 9 heteroatoms. The number of nitrogens with zero attached hydrogens (tertiary/aromatic N) is 1. The highest BCUT2D eigenvalue weighted by Gasteiger charge is 2.68. The van der Waals surface area contributed by atoms with Crippen LogP contribution in [-0.4, -0.2) is 42.4 Å². The molecule has 8 rings (SSSR count). The summed E-state index contributed by atoms with van der Waals surface area (Å²) in [6, 6.07) is 8.49. The van der Waals surface area contributed by atoms with Crippen LogP contribution < -0.4 is 19.4 Å². The van der Waals surface area contributed by atoms with Gasteiger partial charge < -0.3 is 34.5 Å². The standard InChI is InChI=1S/C37H44NO8/c1-34(2)12-6-13-35(3)28(34)11-14-36-17-21(9-10-29(35)36)37(18-36,19-39)46-33(40)24-16-27-32(45-20-44-27)31-22-7-5-8-26(43-4)23(22)15-25(30(24)31)38(41)42/h5,7-8,15-16,21,28-29,39,41H,6,9-14,17-20H2,1-4H3/q-1/t21-,28+,29-,35-,36+,37+/m0/s1. The molecule has 4 aliphatic carbocycles. The van der Waals surface area contributed by atoms with E-state index < -0.39 is 11.6 Å². The van der Waals surface area contributed by atoms with Crippen molar-refractivity contribution >= 4 is 33.2 Å². The quantitative estimate of drug-likeness (QED) is 0.166. The minimum Gasteiger partial charge on any atom is -0.733 e. The van der Waals surface area contributed by atoms with E-state index in [0.29, 0.717) is 57.1 Å². The fourth-order valence-corrected chi connectivity index (χ4v) is 11.7. The van der Waals surface area contributed by atoms with E-state index >= 15 is 0 Å². The summed E-state index contributed by atoms with van der Waals surface area (Å²) < 4.78 is 23.8. The Kier molecular flexibility index (Phi) is 6.62. The van der Waals surface area contributed by atoms with Gasteiger partial charge >= 0.3 is 5.97 Å². The van der Waals surface area contributed by atoms with Gasteiger partial charge in [0.05, 0.1) is 25.0 Å². The van der Waals surface area contributed by atoms with E-state index in [4.69, 9.17) is 18.9 Å². The van der Waals surface area contributed by atoms with Gasteiger partial charge in [0.1, 0.15) is 11.4 Å². The fourth-order valence-electron chi connectivity index (χ4n) is 11.7. The Hall–Kier alpha value is -3.27. The molecule has 246 valence electrons. The Bertz CT molecular complexity index is 1750. The van der Waals surface area contributed by atoms with Gasteiger partial charge in [-0.1, -0.05) is 39.3 Å². The van der Waals surface area contributed by atoms with Crippen molar-refractivity contribution in [3.05, 3.63) is 41.1 Å². The summed E-state index contributed by atoms with van der Waals surface area (Å²) in [5.41, 5.74) is -0.496. The molecule has 9 nitrogen and oxygen atoms in total. The molecule has 1 aliphatic heterocycles. The van der Waals surface area contributed by atoms with Crippen molar-refractivity contribution in [3.63, 3.8) is 0 Å². The van der Waals surface area contributed by atoms with Crippen LogP contribution in [0.4, 0.5) is 5.69 Å². The number of hydrogen-bond acceptors (Lipinski definition) is 9. The lowest BCUT2D eigenvalue weighted by Crippen LogP contribution is -2.55. The number of hydrogen-bond donors (Lipinski definition) is 2. The lowest BCUT2D eigenvalue weighted by Gasteiger charge is -2.63. The number of aliphatic hydroxyl groups excluding tert-OH is 1. The Morgan fingerprint density at radius 3 is 2.63 bits per heavy atom. The van der Waals surface area contributed by atoms with E-state index in [1.54, 1.807) is 6.07 Å². The number of methoxy groups -OCH3 is 1. The molecule has 4 fully saturated rings. The third-order valence-electron chi connectivity index (χ3n) is 13.3. The summed E-state index contributed by atoms with van der Waals surface area (Å²) in [5, 5.41) is 35.8. The van der Waals surface area contributed by atoms with Gasteiger partial charge in [-0.3, -0.25) is 5.21 Å². The van der Waals surface area contributed by atoms with Crippen molar-refractivity contribution in [2.75, 3.05) is 25.7 Å². The van der Waals surface area contributed by atoms with Crippen LogP contribution in [0.1, 0.15) is 88.9 Å². The molecule has 46 heavy (non-hydrogen) atoms. The minimum absolute atomic E-state index is 0.0242. The smallest absolute Gasteiger partial charge is 0.339 e. The number of ether oxygens (including phenoxy) is 4. The molecule has 6 atom stereocenters. The molecule has 0 aromatic heterocycles. The van der Waals surface area contributed by atoms with Crippen LogP contribution in [0.2, 0.25) is 0 Å². The number of benzene rings is 3. The van der Waals surface area contributed by atoms with Gasteiger partial charge in [0, 0.05) is 22.1 Å². The van der Waals surface area contributed by atoms with Gasteiger partial charge in [0.15, 0.2) is 11.5 Å². The second-order valence-electron chi connectivity index (χ2n) is 15.8. The molecule has 1 spiro atoms. The molecule has 4 saturated carbocycles. The molecule has 0 radical (unpaired) electrons. The van der Waals surface area contributed by atoms with E-state index in [2.05, 4.69) is 20.8 Å². The maximum absolute atomic E-state index is 14.5. The largest absolute Gasteiger partial charge is 0.733 e. The van der Waals surface area contributed by atoms with Crippen molar-refractivity contribution in [1.29, 1.82) is 0 Å². The van der Waals surface area contributed by atoms with Gasteiger partial charge in [0.2, 0.25) is 6.79 Å². The number of aliphatic hydroxyl groups is 1. The first kappa shape index (κ1) is 30.1. The average Bonchev–Trinajstić information content (AvgIpc) is 3.59. The second-order valence-corrected chi connectivity index (χ2v) is 15.8. The molecule has 0 saturated heterocycles. The van der Waals surface area contributed by atoms with Crippen LogP contribution in [0.5, 0.6) is 17.2 Å². The zero-order valence-corrected chi connectivity index (χ0v) is 27.2. The lowest BCUT2D eigenvalue weighted by atomic mass is 9.41. The molecule has 2 bridgehead atoms. The summed E-state index contributed by atoms with van der Waals surface area (Å²) in [5.74, 6) is 1.83. The van der Waals surface area contributed by atoms with Crippen molar-refractivity contribution in [2.24, 2.45) is 34.0 Å². The number of carbonyl (C=O) groups excluding carboxylic acids is 1. The van der Waals surface area contributed by atoms with Crippen LogP contribution >= 0.6 is 0 Å². The van der Waals surface area contributed by atoms with Gasteiger partial charge in [0.25, 0.3) is 0 Å². The number of rotatable bonds is 5. The Morgan fingerprint density at radius 1 is 1.04 bits per heavy atom. The maximum atomic E-state index is 14.5. The molecular weight excluding hydrogens is 586 g/mol. The van der Waals surface area contributed by atoms with Crippen molar-refractivity contribution in [2.45, 2.75) is 84.2 Å². The minimum atomic E-state index is -1.03. The normalized spacial score (nSPS) is 33.8. The highest BCUT2D eigenvalue weighted by Crippen LogP contribution is 2.73. The maximum Gasteiger partial charge on any atom is 0.339 e. The Labute approximate surface area is 269 Å². The Balaban J connectivity index is 1.22. The first-order valence-electron chi connectivity index (χ1n) is 16.8. The fraction of sp³-hybridized carbons (Fsp3) is 0.595. The molecule has 3 aromatic carbocycles. The van der Waals surface area contributed by atoms with Crippen LogP contribution in [0, 0.1) is 39.2 Å². The second kappa shape index (κ2) is 10.1. The third kappa shape index (κ3) is 4.00. The summed E-state index contributed by atoms with van der Waals surface area (Å²) >= 11 is 0. The van der Waals surface area contributed by atoms with E-state index in [1.165, 1.54) is 44.9 Å². The van der Waals surface area contributed by atoms with Gasteiger partial charge in [-0.25, -0.2) is 4.79 Å². The number of carbonyl (C=O) groups is 1. The summed E-state index contributed by atoms with van der Waals surface area (Å²) in [6.07, 6.45) is 9.62. The number of anilines is 1. The lowest BCUT2D eigenvalue weighted by molar-refractivity contribution is -0.145. The molecular formula is C37H44NO8-. The molecule has 1 heterocycles. The average molecular weight is 631 g/mol. The number of fused-ring (bicyclic) bond motifs is 8. The number of esters is 1. The van der Waals surface area contributed by atoms with Crippen molar-refractivity contribution in [1.82, 2.24) is 0 Å². The van der Waals surface area contributed by atoms with Crippen molar-refractivity contribution in [3.8, 4) is 17.2 Å². The monoisotopic (exact) mass is 630 g/mol. The van der Waals surface area contributed by atoms with Crippen LogP contribution in [-0.2, 0) is 4.74 Å². The first-order chi connectivity index (χ1) is 22.0. The van der Waals surface area contributed by atoms with Gasteiger partial charge in [-0.2, -0.15) is 0 Å². The predicted octanol–water partition coefficient (Wildman–Crippen LogP) is 7.74. The first-order valence-corrected chi connectivity index (χ1v) is 16.8. The van der Waals surface area contributed by atoms with Crippen LogP contribution in [0.25, 0.3) is 21.5 Å². The van der Waals surface area contributed by atoms with E-state index in [9.17, 15) is 20.3 Å². The highest BCUT2D eigenvalue weighted by atomic mass is 16.8. The van der Waals surface area contributed by atoms with Crippen LogP contribution in [0.3, 0.4) is 0 Å². The zero-order chi connectivity index (χ0) is 32.2. The Morgan fingerprint density at radius 2 is 1.87 bits per heavy atom. The molecule has 2 N–H and O–H groups in total. The summed E-state index contributed by atoms with van der Waals surface area (Å²) in [7, 11) is 1.53. The predicted molar refractivity (Wildman–Crippen MR) is 173 cm³/mol. The SMILES string of the molecule is COc1cccc2c1cc(N([O-])O)c1c(C(=O)O[C@@]3(CO)C[C@]45CC[C@@H]6C(C)(C)CCC[C@]6(C)[C@@H]4CC[C@H]3C5)cc3c(c12)OCO3. The van der Waals surface area contributed by atoms with Gasteiger partial charge in [-0.15, -0.1) is 0 Å². The summed E-state index contributed by atoms with van der Waals surface area (Å²) in [6.45, 7) is 7.12. The van der Waals surface area contributed by atoms with Gasteiger partial charge in [-0.05, 0) is 103 Å². The van der Waals surface area contributed by atoms with E-state index in [0.717, 1.165) is 25.7 Å². The zero-order valence-electron chi connectivity index (χ0n) is 27.2. The van der Waals surface area contributed by atoms with Crippen molar-refractivity contribution < 1.29 is 34.1 Å². The molecule has 5 aliphatic rings. The van der Waals surface area contributed by atoms with E-state index in [-0.39, 0.29) is 52.0 Å². The van der Waals surface area contributed by atoms with E-state index in [1.807, 2.05) is 12.1 Å². The molecule has 0 amide bonds.